The molecule has 0 unspecified atom stereocenters. The van der Waals surface area contributed by atoms with Crippen molar-refractivity contribution in [2.45, 2.75) is 45.2 Å². The van der Waals surface area contributed by atoms with Crippen molar-refractivity contribution in [2.24, 2.45) is 11.8 Å². The highest BCUT2D eigenvalue weighted by Crippen LogP contribution is 2.37. The highest BCUT2D eigenvalue weighted by molar-refractivity contribution is 5.59. The largest absolute Gasteiger partial charge is 0.418 e. The maximum atomic E-state index is 13.0. The Hall–Kier alpha value is -1.39. The van der Waals surface area contributed by atoms with Crippen LogP contribution in [0, 0.1) is 11.8 Å². The second-order valence-electron chi connectivity index (χ2n) is 5.98. The van der Waals surface area contributed by atoms with Crippen LogP contribution in [0.4, 0.5) is 24.5 Å². The fourth-order valence-corrected chi connectivity index (χ4v) is 3.05. The number of nitrogens with one attached hydrogen (secondary N) is 1. The summed E-state index contributed by atoms with van der Waals surface area (Å²) in [6.45, 7) is 2.80. The van der Waals surface area contributed by atoms with Crippen molar-refractivity contribution in [1.29, 1.82) is 0 Å². The average Bonchev–Trinajstić information content (AvgIpc) is 2.45. The van der Waals surface area contributed by atoms with Crippen LogP contribution in [0.3, 0.4) is 0 Å². The summed E-state index contributed by atoms with van der Waals surface area (Å²) in [7, 11) is 0. The first-order chi connectivity index (χ1) is 9.90. The molecule has 1 aromatic carbocycles. The third kappa shape index (κ3) is 4.29. The Balaban J connectivity index is 1.97. The molecule has 0 aliphatic heterocycles. The Morgan fingerprint density at radius 1 is 1.14 bits per heavy atom. The maximum absolute atomic E-state index is 13.0. The molecule has 1 fully saturated rings. The fourth-order valence-electron chi connectivity index (χ4n) is 3.05. The van der Waals surface area contributed by atoms with Crippen molar-refractivity contribution in [3.05, 3.63) is 23.8 Å². The molecule has 21 heavy (non-hydrogen) atoms. The van der Waals surface area contributed by atoms with E-state index in [1.807, 2.05) is 0 Å². The van der Waals surface area contributed by atoms with Crippen LogP contribution >= 0.6 is 0 Å². The van der Waals surface area contributed by atoms with Gasteiger partial charge in [-0.1, -0.05) is 26.2 Å². The van der Waals surface area contributed by atoms with E-state index in [9.17, 15) is 13.2 Å². The number of halogens is 3. The molecule has 2 rings (SSSR count). The van der Waals surface area contributed by atoms with Crippen LogP contribution < -0.4 is 11.1 Å². The second kappa shape index (κ2) is 6.58. The first-order valence-corrected chi connectivity index (χ1v) is 7.60. The van der Waals surface area contributed by atoms with Gasteiger partial charge in [-0.05, 0) is 42.9 Å². The molecule has 0 atom stereocenters. The number of hydrogen-bond acceptors (Lipinski definition) is 2. The zero-order chi connectivity index (χ0) is 15.5. The summed E-state index contributed by atoms with van der Waals surface area (Å²) in [6, 6.07) is 3.93. The summed E-state index contributed by atoms with van der Waals surface area (Å²) in [5, 5.41) is 2.97. The molecule has 0 bridgehead atoms. The molecule has 1 aliphatic rings. The molecule has 0 aromatic heterocycles. The lowest BCUT2D eigenvalue weighted by atomic mass is 9.81. The van der Waals surface area contributed by atoms with Crippen LogP contribution in [-0.4, -0.2) is 6.54 Å². The first kappa shape index (κ1) is 16.0. The zero-order valence-corrected chi connectivity index (χ0v) is 12.3. The topological polar surface area (TPSA) is 38.0 Å². The van der Waals surface area contributed by atoms with Gasteiger partial charge in [0.25, 0.3) is 0 Å². The lowest BCUT2D eigenvalue weighted by Gasteiger charge is -2.28. The van der Waals surface area contributed by atoms with Crippen LogP contribution in [-0.2, 0) is 6.18 Å². The number of benzene rings is 1. The van der Waals surface area contributed by atoms with E-state index >= 15 is 0 Å². The highest BCUT2D eigenvalue weighted by Gasteiger charge is 2.34. The van der Waals surface area contributed by atoms with Crippen molar-refractivity contribution < 1.29 is 13.2 Å². The van der Waals surface area contributed by atoms with Crippen molar-refractivity contribution in [3.8, 4) is 0 Å². The molecule has 0 amide bonds. The minimum Gasteiger partial charge on any atom is -0.399 e. The van der Waals surface area contributed by atoms with Crippen molar-refractivity contribution in [2.75, 3.05) is 17.6 Å². The minimum atomic E-state index is -4.38. The van der Waals surface area contributed by atoms with Gasteiger partial charge in [0.15, 0.2) is 0 Å². The van der Waals surface area contributed by atoms with Gasteiger partial charge in [-0.2, -0.15) is 13.2 Å². The number of hydrogen-bond donors (Lipinski definition) is 2. The molecule has 118 valence electrons. The van der Waals surface area contributed by atoms with E-state index in [2.05, 4.69) is 12.2 Å². The quantitative estimate of drug-likeness (QED) is 0.775. The molecule has 1 aromatic rings. The zero-order valence-electron chi connectivity index (χ0n) is 12.3. The van der Waals surface area contributed by atoms with Crippen LogP contribution in [0.1, 0.15) is 44.6 Å². The molecular formula is C16H23F3N2. The Morgan fingerprint density at radius 3 is 2.33 bits per heavy atom. The van der Waals surface area contributed by atoms with Gasteiger partial charge in [0.1, 0.15) is 0 Å². The molecule has 0 radical (unpaired) electrons. The molecule has 0 saturated heterocycles. The van der Waals surface area contributed by atoms with E-state index in [1.165, 1.54) is 31.4 Å². The van der Waals surface area contributed by atoms with E-state index in [1.54, 1.807) is 0 Å². The summed E-state index contributed by atoms with van der Waals surface area (Å²) >= 11 is 0. The molecule has 5 heteroatoms. The number of nitrogens with two attached hydrogens (primary N) is 1. The molecule has 0 spiro atoms. The van der Waals surface area contributed by atoms with E-state index in [-0.39, 0.29) is 11.4 Å². The van der Waals surface area contributed by atoms with Gasteiger partial charge < -0.3 is 11.1 Å². The maximum Gasteiger partial charge on any atom is 0.418 e. The Bertz CT molecular complexity index is 463. The van der Waals surface area contributed by atoms with Crippen molar-refractivity contribution >= 4 is 11.4 Å². The Labute approximate surface area is 123 Å². The van der Waals surface area contributed by atoms with E-state index < -0.39 is 11.7 Å². The highest BCUT2D eigenvalue weighted by atomic mass is 19.4. The van der Waals surface area contributed by atoms with Crippen LogP contribution in [0.5, 0.6) is 0 Å². The molecule has 0 heterocycles. The summed E-state index contributed by atoms with van der Waals surface area (Å²) in [5.74, 6) is 1.26. The summed E-state index contributed by atoms with van der Waals surface area (Å²) in [5.41, 5.74) is 5.06. The van der Waals surface area contributed by atoms with Crippen LogP contribution in [0.15, 0.2) is 18.2 Å². The number of alkyl halides is 3. The third-order valence-corrected chi connectivity index (χ3v) is 4.47. The predicted octanol–water partition coefficient (Wildman–Crippen LogP) is 4.92. The Kier molecular flexibility index (Phi) is 5.01. The first-order valence-electron chi connectivity index (χ1n) is 7.60. The number of nitrogen functional groups attached to an aromatic ring is 1. The van der Waals surface area contributed by atoms with Crippen LogP contribution in [0.25, 0.3) is 0 Å². The molecular weight excluding hydrogens is 277 g/mol. The van der Waals surface area contributed by atoms with Gasteiger partial charge in [0, 0.05) is 17.9 Å². The Morgan fingerprint density at radius 2 is 1.76 bits per heavy atom. The SMILES string of the molecule is CCC1CCC(CNc2ccc(N)cc2C(F)(F)F)CC1. The standard InChI is InChI=1S/C16H23F3N2/c1-2-11-3-5-12(6-4-11)10-21-15-8-7-13(20)9-14(15)16(17,18)19/h7-9,11-12,21H,2-6,10,20H2,1H3. The van der Waals surface area contributed by atoms with Gasteiger partial charge in [0.2, 0.25) is 0 Å². The van der Waals surface area contributed by atoms with Gasteiger partial charge in [-0.25, -0.2) is 0 Å². The predicted molar refractivity (Wildman–Crippen MR) is 80.1 cm³/mol. The summed E-state index contributed by atoms with van der Waals surface area (Å²) in [4.78, 5) is 0. The smallest absolute Gasteiger partial charge is 0.399 e. The van der Waals surface area contributed by atoms with Gasteiger partial charge in [-0.15, -0.1) is 0 Å². The van der Waals surface area contributed by atoms with E-state index in [0.717, 1.165) is 24.8 Å². The van der Waals surface area contributed by atoms with Gasteiger partial charge in [0.05, 0.1) is 5.56 Å². The van der Waals surface area contributed by atoms with Gasteiger partial charge in [-0.3, -0.25) is 0 Å². The minimum absolute atomic E-state index is 0.134. The number of anilines is 2. The number of rotatable bonds is 4. The average molecular weight is 300 g/mol. The second-order valence-corrected chi connectivity index (χ2v) is 5.98. The molecule has 1 saturated carbocycles. The van der Waals surface area contributed by atoms with Gasteiger partial charge >= 0.3 is 6.18 Å². The fraction of sp³-hybridized carbons (Fsp3) is 0.625. The lowest BCUT2D eigenvalue weighted by Crippen LogP contribution is -2.22. The molecule has 3 N–H and O–H groups in total. The van der Waals surface area contributed by atoms with Crippen molar-refractivity contribution in [1.82, 2.24) is 0 Å². The van der Waals surface area contributed by atoms with Crippen molar-refractivity contribution in [3.63, 3.8) is 0 Å². The monoisotopic (exact) mass is 300 g/mol. The van der Waals surface area contributed by atoms with E-state index in [4.69, 9.17) is 5.73 Å². The van der Waals surface area contributed by atoms with E-state index in [0.29, 0.717) is 12.5 Å². The third-order valence-electron chi connectivity index (χ3n) is 4.47. The normalized spacial score (nSPS) is 23.0. The van der Waals surface area contributed by atoms with Crippen LogP contribution in [0.2, 0.25) is 0 Å². The molecule has 1 aliphatic carbocycles. The summed E-state index contributed by atoms with van der Waals surface area (Å²) in [6.07, 6.45) is 1.41. The summed E-state index contributed by atoms with van der Waals surface area (Å²) < 4.78 is 39.0. The molecule has 2 nitrogen and oxygen atoms in total. The lowest BCUT2D eigenvalue weighted by molar-refractivity contribution is -0.136.